The first-order valence-electron chi connectivity index (χ1n) is 8.42. The zero-order valence-electron chi connectivity index (χ0n) is 15.3. The minimum Gasteiger partial charge on any atom is -0.497 e. The molecule has 1 heterocycles. The van der Waals surface area contributed by atoms with Gasteiger partial charge in [-0.25, -0.2) is 4.79 Å². The first-order chi connectivity index (χ1) is 11.4. The zero-order valence-corrected chi connectivity index (χ0v) is 15.3. The molecule has 134 valence electrons. The molecule has 2 amide bonds. The van der Waals surface area contributed by atoms with Gasteiger partial charge in [0.15, 0.2) is 0 Å². The molecule has 0 aromatic heterocycles. The van der Waals surface area contributed by atoms with Crippen molar-refractivity contribution in [3.8, 4) is 11.5 Å². The van der Waals surface area contributed by atoms with E-state index in [0.29, 0.717) is 5.92 Å². The molecule has 0 radical (unpaired) electrons. The molecular formula is C18H29N3O3. The highest BCUT2D eigenvalue weighted by Crippen LogP contribution is 2.30. The third kappa shape index (κ3) is 4.69. The molecule has 6 heteroatoms. The highest BCUT2D eigenvalue weighted by atomic mass is 16.5. The number of rotatable bonds is 6. The summed E-state index contributed by atoms with van der Waals surface area (Å²) in [4.78, 5) is 16.2. The molecule has 0 bridgehead atoms. The second kappa shape index (κ2) is 8.13. The van der Waals surface area contributed by atoms with Crippen molar-refractivity contribution in [2.24, 2.45) is 5.92 Å². The topological polar surface area (TPSA) is 54.0 Å². The maximum atomic E-state index is 12.2. The molecule has 1 aliphatic heterocycles. The number of methoxy groups -OCH3 is 2. The molecule has 1 N–H and O–H groups in total. The molecule has 1 atom stereocenters. The van der Waals surface area contributed by atoms with E-state index in [9.17, 15) is 4.79 Å². The van der Waals surface area contributed by atoms with Crippen molar-refractivity contribution >= 4 is 11.7 Å². The lowest BCUT2D eigenvalue weighted by atomic mass is 10.2. The van der Waals surface area contributed by atoms with E-state index in [1.807, 2.05) is 25.2 Å². The highest BCUT2D eigenvalue weighted by Gasteiger charge is 2.25. The molecule has 1 unspecified atom stereocenters. The SMILES string of the molecule is COc1cc(OC)cc(N2CCC(NC(=O)N(C)CC(C)C)C2)c1. The lowest BCUT2D eigenvalue weighted by Gasteiger charge is -2.23. The van der Waals surface area contributed by atoms with E-state index in [1.165, 1.54) is 0 Å². The first kappa shape index (κ1) is 18.2. The maximum absolute atomic E-state index is 12.2. The molecule has 0 aliphatic carbocycles. The second-order valence-electron chi connectivity index (χ2n) is 6.73. The highest BCUT2D eigenvalue weighted by molar-refractivity contribution is 5.74. The maximum Gasteiger partial charge on any atom is 0.317 e. The van der Waals surface area contributed by atoms with E-state index >= 15 is 0 Å². The molecular weight excluding hydrogens is 306 g/mol. The lowest BCUT2D eigenvalue weighted by molar-refractivity contribution is 0.200. The number of carbonyl (C=O) groups is 1. The minimum absolute atomic E-state index is 0.00114. The van der Waals surface area contributed by atoms with Gasteiger partial charge >= 0.3 is 6.03 Å². The Labute approximate surface area is 144 Å². The summed E-state index contributed by atoms with van der Waals surface area (Å²) in [7, 11) is 5.14. The number of urea groups is 1. The van der Waals surface area contributed by atoms with E-state index in [-0.39, 0.29) is 12.1 Å². The number of amides is 2. The molecule has 24 heavy (non-hydrogen) atoms. The van der Waals surface area contributed by atoms with Gasteiger partial charge in [0.1, 0.15) is 11.5 Å². The average Bonchev–Trinajstić information content (AvgIpc) is 3.02. The summed E-state index contributed by atoms with van der Waals surface area (Å²) < 4.78 is 10.7. The molecule has 1 aromatic carbocycles. The normalized spacial score (nSPS) is 17.1. The Bertz CT molecular complexity index is 540. The fourth-order valence-electron chi connectivity index (χ4n) is 3.00. The summed E-state index contributed by atoms with van der Waals surface area (Å²) in [5.74, 6) is 2.01. The average molecular weight is 335 g/mol. The number of hydrogen-bond donors (Lipinski definition) is 1. The second-order valence-corrected chi connectivity index (χ2v) is 6.73. The Balaban J connectivity index is 1.96. The summed E-state index contributed by atoms with van der Waals surface area (Å²) in [6.45, 7) is 6.66. The molecule has 1 saturated heterocycles. The summed E-state index contributed by atoms with van der Waals surface area (Å²) in [6.07, 6.45) is 0.931. The van der Waals surface area contributed by atoms with Crippen LogP contribution in [0.3, 0.4) is 0 Å². The van der Waals surface area contributed by atoms with Crippen molar-refractivity contribution in [1.82, 2.24) is 10.2 Å². The van der Waals surface area contributed by atoms with E-state index < -0.39 is 0 Å². The van der Waals surface area contributed by atoms with Crippen LogP contribution in [-0.2, 0) is 0 Å². The summed E-state index contributed by atoms with van der Waals surface area (Å²) in [6, 6.07) is 6.01. The van der Waals surface area contributed by atoms with Gasteiger partial charge in [-0.05, 0) is 12.3 Å². The van der Waals surface area contributed by atoms with E-state index in [4.69, 9.17) is 9.47 Å². The minimum atomic E-state index is -0.00114. The Kier molecular flexibility index (Phi) is 6.17. The zero-order chi connectivity index (χ0) is 17.7. The van der Waals surface area contributed by atoms with Gasteiger partial charge in [-0.1, -0.05) is 13.8 Å². The Morgan fingerprint density at radius 3 is 2.46 bits per heavy atom. The van der Waals surface area contributed by atoms with Crippen molar-refractivity contribution in [2.45, 2.75) is 26.3 Å². The molecule has 1 fully saturated rings. The van der Waals surface area contributed by atoms with Crippen molar-refractivity contribution in [2.75, 3.05) is 45.8 Å². The number of carbonyl (C=O) groups excluding carboxylic acids is 1. The summed E-state index contributed by atoms with van der Waals surface area (Å²) in [5.41, 5.74) is 1.05. The van der Waals surface area contributed by atoms with Crippen LogP contribution in [0.2, 0.25) is 0 Å². The molecule has 1 aromatic rings. The fraction of sp³-hybridized carbons (Fsp3) is 0.611. The third-order valence-corrected chi connectivity index (χ3v) is 4.20. The monoisotopic (exact) mass is 335 g/mol. The van der Waals surface area contributed by atoms with E-state index in [0.717, 1.165) is 43.2 Å². The van der Waals surface area contributed by atoms with Gasteiger partial charge in [0, 0.05) is 56.6 Å². The number of benzene rings is 1. The van der Waals surface area contributed by atoms with Gasteiger partial charge in [0.05, 0.1) is 14.2 Å². The van der Waals surface area contributed by atoms with Crippen LogP contribution < -0.4 is 19.7 Å². The van der Waals surface area contributed by atoms with Crippen LogP contribution in [-0.4, -0.2) is 57.9 Å². The van der Waals surface area contributed by atoms with Gasteiger partial charge in [-0.15, -0.1) is 0 Å². The number of ether oxygens (including phenoxy) is 2. The Morgan fingerprint density at radius 2 is 1.92 bits per heavy atom. The number of nitrogens with zero attached hydrogens (tertiary/aromatic N) is 2. The van der Waals surface area contributed by atoms with E-state index in [2.05, 4.69) is 24.1 Å². The number of nitrogens with one attached hydrogen (secondary N) is 1. The predicted molar refractivity (Wildman–Crippen MR) is 96.2 cm³/mol. The van der Waals surface area contributed by atoms with Gasteiger partial charge in [-0.2, -0.15) is 0 Å². The molecule has 6 nitrogen and oxygen atoms in total. The standard InChI is InChI=1S/C18H29N3O3/c1-13(2)11-20(3)18(22)19-14-6-7-21(12-14)15-8-16(23-4)10-17(9-15)24-5/h8-10,13-14H,6-7,11-12H2,1-5H3,(H,19,22). The van der Waals surface area contributed by atoms with Crippen molar-refractivity contribution in [3.63, 3.8) is 0 Å². The predicted octanol–water partition coefficient (Wildman–Crippen LogP) is 2.58. The quantitative estimate of drug-likeness (QED) is 0.868. The van der Waals surface area contributed by atoms with Crippen molar-refractivity contribution in [1.29, 1.82) is 0 Å². The van der Waals surface area contributed by atoms with Crippen LogP contribution in [0.4, 0.5) is 10.5 Å². The molecule has 1 aliphatic rings. The van der Waals surface area contributed by atoms with Gasteiger partial charge in [0.25, 0.3) is 0 Å². The smallest absolute Gasteiger partial charge is 0.317 e. The molecule has 2 rings (SSSR count). The molecule has 0 spiro atoms. The van der Waals surface area contributed by atoms with Crippen molar-refractivity contribution < 1.29 is 14.3 Å². The van der Waals surface area contributed by atoms with Crippen LogP contribution in [0, 0.1) is 5.92 Å². The lowest BCUT2D eigenvalue weighted by Crippen LogP contribution is -2.45. The first-order valence-corrected chi connectivity index (χ1v) is 8.42. The summed E-state index contributed by atoms with van der Waals surface area (Å²) >= 11 is 0. The largest absolute Gasteiger partial charge is 0.497 e. The van der Waals surface area contributed by atoms with Crippen LogP contribution in [0.15, 0.2) is 18.2 Å². The summed E-state index contributed by atoms with van der Waals surface area (Å²) in [5, 5.41) is 3.12. The van der Waals surface area contributed by atoms with Gasteiger partial charge < -0.3 is 24.6 Å². The third-order valence-electron chi connectivity index (χ3n) is 4.20. The van der Waals surface area contributed by atoms with Crippen LogP contribution in [0.25, 0.3) is 0 Å². The number of anilines is 1. The Morgan fingerprint density at radius 1 is 1.29 bits per heavy atom. The van der Waals surface area contributed by atoms with Crippen molar-refractivity contribution in [3.05, 3.63) is 18.2 Å². The van der Waals surface area contributed by atoms with Gasteiger partial charge in [-0.3, -0.25) is 0 Å². The van der Waals surface area contributed by atoms with E-state index in [1.54, 1.807) is 19.1 Å². The fourth-order valence-corrected chi connectivity index (χ4v) is 3.00. The van der Waals surface area contributed by atoms with Gasteiger partial charge in [0.2, 0.25) is 0 Å². The Hall–Kier alpha value is -2.11. The van der Waals surface area contributed by atoms with Crippen LogP contribution in [0.1, 0.15) is 20.3 Å². The molecule has 0 saturated carbocycles. The van der Waals surface area contributed by atoms with Crippen LogP contribution in [0.5, 0.6) is 11.5 Å². The number of hydrogen-bond acceptors (Lipinski definition) is 4. The van der Waals surface area contributed by atoms with Crippen LogP contribution >= 0.6 is 0 Å².